The van der Waals surface area contributed by atoms with Crippen LogP contribution in [-0.4, -0.2) is 29.9 Å². The topological polar surface area (TPSA) is 47.3 Å². The van der Waals surface area contributed by atoms with E-state index in [9.17, 15) is 10.1 Å². The normalized spacial score (nSPS) is 19.8. The highest BCUT2D eigenvalue weighted by molar-refractivity contribution is 5.91. The number of rotatable bonds is 4. The number of likely N-dealkylation sites (tertiary alicyclic amines) is 1. The van der Waals surface area contributed by atoms with Gasteiger partial charge in [0, 0.05) is 24.8 Å². The van der Waals surface area contributed by atoms with Crippen LogP contribution < -0.4 is 4.90 Å². The molecule has 1 fully saturated rings. The molecule has 156 valence electrons. The van der Waals surface area contributed by atoms with Crippen LogP contribution in [0, 0.1) is 25.2 Å². The van der Waals surface area contributed by atoms with E-state index in [0.29, 0.717) is 18.9 Å². The third-order valence-corrected chi connectivity index (χ3v) is 7.12. The molecule has 1 aliphatic heterocycles. The van der Waals surface area contributed by atoms with Crippen molar-refractivity contribution in [1.29, 1.82) is 5.26 Å². The summed E-state index contributed by atoms with van der Waals surface area (Å²) in [6.45, 7) is 5.66. The Bertz CT molecular complexity index is 1180. The van der Waals surface area contributed by atoms with Crippen LogP contribution in [0.5, 0.6) is 0 Å². The van der Waals surface area contributed by atoms with E-state index in [4.69, 9.17) is 0 Å². The Hall–Kier alpha value is -3.16. The number of benzene rings is 3. The number of hydrogen-bond donors (Lipinski definition) is 0. The zero-order chi connectivity index (χ0) is 21.6. The highest BCUT2D eigenvalue weighted by atomic mass is 16.1. The van der Waals surface area contributed by atoms with Crippen molar-refractivity contribution in [1.82, 2.24) is 4.90 Å². The lowest BCUT2D eigenvalue weighted by molar-refractivity contribution is -0.108. The molecule has 3 aromatic rings. The van der Waals surface area contributed by atoms with Crippen LogP contribution in [0.4, 0.5) is 5.69 Å². The summed E-state index contributed by atoms with van der Waals surface area (Å²) in [5.41, 5.74) is 5.05. The Kier molecular flexibility index (Phi) is 4.79. The fourth-order valence-corrected chi connectivity index (χ4v) is 5.65. The maximum atomic E-state index is 12.2. The second kappa shape index (κ2) is 7.51. The van der Waals surface area contributed by atoms with Gasteiger partial charge in [-0.05, 0) is 78.3 Å². The Morgan fingerprint density at radius 2 is 1.74 bits per heavy atom. The first-order valence-electron chi connectivity index (χ1n) is 11.0. The molecule has 5 rings (SSSR count). The number of anilines is 1. The van der Waals surface area contributed by atoms with E-state index in [-0.39, 0.29) is 0 Å². The van der Waals surface area contributed by atoms with Gasteiger partial charge in [0.05, 0.1) is 6.07 Å². The number of nitrogens with zero attached hydrogens (tertiary/aromatic N) is 3. The minimum Gasteiger partial charge on any atom is -0.296 e. The maximum absolute atomic E-state index is 12.2. The van der Waals surface area contributed by atoms with Crippen molar-refractivity contribution in [3.05, 3.63) is 76.9 Å². The zero-order valence-electron chi connectivity index (χ0n) is 18.1. The maximum Gasteiger partial charge on any atom is 0.215 e. The van der Waals surface area contributed by atoms with E-state index in [1.54, 1.807) is 4.90 Å². The van der Waals surface area contributed by atoms with E-state index in [2.05, 4.69) is 53.4 Å². The summed E-state index contributed by atoms with van der Waals surface area (Å²) in [6, 6.07) is 22.1. The molecule has 1 atom stereocenters. The van der Waals surface area contributed by atoms with Crippen LogP contribution >= 0.6 is 0 Å². The van der Waals surface area contributed by atoms with Gasteiger partial charge in [-0.1, -0.05) is 42.5 Å². The zero-order valence-corrected chi connectivity index (χ0v) is 18.1. The minimum absolute atomic E-state index is 0.351. The third-order valence-electron chi connectivity index (χ3n) is 7.12. The number of carbonyl (C=O) groups excluding carboxylic acids is 1. The molecule has 3 aromatic carbocycles. The minimum atomic E-state index is -0.796. The van der Waals surface area contributed by atoms with Gasteiger partial charge in [0.1, 0.15) is 5.54 Å². The quantitative estimate of drug-likeness (QED) is 0.565. The molecule has 4 nitrogen and oxygen atoms in total. The molecule has 4 heteroatoms. The number of nitriles is 1. The first-order chi connectivity index (χ1) is 15.0. The largest absolute Gasteiger partial charge is 0.296 e. The lowest BCUT2D eigenvalue weighted by atomic mass is 9.85. The van der Waals surface area contributed by atoms with Gasteiger partial charge in [-0.25, -0.2) is 0 Å². The van der Waals surface area contributed by atoms with Crippen molar-refractivity contribution in [2.24, 2.45) is 0 Å². The van der Waals surface area contributed by atoms with Crippen LogP contribution in [0.3, 0.4) is 0 Å². The summed E-state index contributed by atoms with van der Waals surface area (Å²) in [5, 5.41) is 12.9. The summed E-state index contributed by atoms with van der Waals surface area (Å²) in [7, 11) is 0. The molecule has 0 aromatic heterocycles. The fourth-order valence-electron chi connectivity index (χ4n) is 5.65. The molecule has 0 radical (unpaired) electrons. The first kappa shape index (κ1) is 19.8. The van der Waals surface area contributed by atoms with Crippen LogP contribution in [-0.2, 0) is 11.2 Å². The first-order valence-corrected chi connectivity index (χ1v) is 11.0. The summed E-state index contributed by atoms with van der Waals surface area (Å²) in [4.78, 5) is 16.3. The monoisotopic (exact) mass is 409 g/mol. The number of hydrogen-bond acceptors (Lipinski definition) is 3. The molecule has 1 saturated heterocycles. The van der Waals surface area contributed by atoms with Gasteiger partial charge < -0.3 is 0 Å². The summed E-state index contributed by atoms with van der Waals surface area (Å²) >= 11 is 0. The van der Waals surface area contributed by atoms with Crippen LogP contribution in [0.15, 0.2) is 54.6 Å². The van der Waals surface area contributed by atoms with Crippen molar-refractivity contribution in [2.45, 2.75) is 44.7 Å². The van der Waals surface area contributed by atoms with Crippen molar-refractivity contribution >= 4 is 22.9 Å². The second-order valence-electron chi connectivity index (χ2n) is 9.08. The van der Waals surface area contributed by atoms with E-state index in [1.165, 1.54) is 21.9 Å². The van der Waals surface area contributed by atoms with Crippen molar-refractivity contribution in [2.75, 3.05) is 18.0 Å². The molecule has 1 unspecified atom stereocenters. The molecule has 2 aliphatic rings. The third kappa shape index (κ3) is 3.21. The Balaban J connectivity index is 1.41. The van der Waals surface area contributed by atoms with Gasteiger partial charge in [0.25, 0.3) is 0 Å². The molecule has 31 heavy (non-hydrogen) atoms. The molecule has 0 bridgehead atoms. The summed E-state index contributed by atoms with van der Waals surface area (Å²) in [5.74, 6) is 0. The molecule has 1 heterocycles. The molecule has 1 amide bonds. The summed E-state index contributed by atoms with van der Waals surface area (Å²) < 4.78 is 0. The van der Waals surface area contributed by atoms with E-state index in [0.717, 1.165) is 42.7 Å². The van der Waals surface area contributed by atoms with Crippen molar-refractivity contribution < 1.29 is 4.79 Å². The van der Waals surface area contributed by atoms with E-state index in [1.807, 2.05) is 26.0 Å². The fraction of sp³-hybridized carbons (Fsp3) is 0.333. The Morgan fingerprint density at radius 1 is 1.06 bits per heavy atom. The molecule has 0 spiro atoms. The number of carbonyl (C=O) groups is 1. The molecule has 1 aliphatic carbocycles. The average Bonchev–Trinajstić information content (AvgIpc) is 3.15. The second-order valence-corrected chi connectivity index (χ2v) is 9.08. The lowest BCUT2D eigenvalue weighted by Crippen LogP contribution is -2.55. The standard InChI is InChI=1S/C27H27N3O/c1-19-13-20(2)15-23(14-19)30(18-31)27(17-28)9-11-29(12-10-27)25-16-22-7-3-5-21-6-4-8-24(25)26(21)22/h3-8,13-15,18,25H,9-12,16H2,1-2H3. The number of aryl methyl sites for hydroxylation is 2. The molecular weight excluding hydrogens is 382 g/mol. The number of piperidine rings is 1. The smallest absolute Gasteiger partial charge is 0.215 e. The van der Waals surface area contributed by atoms with E-state index < -0.39 is 5.54 Å². The highest BCUT2D eigenvalue weighted by Gasteiger charge is 2.43. The predicted molar refractivity (Wildman–Crippen MR) is 124 cm³/mol. The van der Waals surface area contributed by atoms with Gasteiger partial charge in [0.15, 0.2) is 0 Å². The molecule has 0 saturated carbocycles. The predicted octanol–water partition coefficient (Wildman–Crippen LogP) is 5.08. The van der Waals surface area contributed by atoms with Crippen LogP contribution in [0.2, 0.25) is 0 Å². The summed E-state index contributed by atoms with van der Waals surface area (Å²) in [6.07, 6.45) is 3.17. The number of amides is 1. The lowest BCUT2D eigenvalue weighted by Gasteiger charge is -2.44. The van der Waals surface area contributed by atoms with Crippen molar-refractivity contribution in [3.8, 4) is 6.07 Å². The van der Waals surface area contributed by atoms with E-state index >= 15 is 0 Å². The van der Waals surface area contributed by atoms with Crippen LogP contribution in [0.1, 0.15) is 41.1 Å². The van der Waals surface area contributed by atoms with Crippen LogP contribution in [0.25, 0.3) is 10.8 Å². The van der Waals surface area contributed by atoms with Gasteiger partial charge in [-0.2, -0.15) is 5.26 Å². The average molecular weight is 410 g/mol. The Labute approximate surface area is 183 Å². The van der Waals surface area contributed by atoms with Gasteiger partial charge in [0.2, 0.25) is 6.41 Å². The highest BCUT2D eigenvalue weighted by Crippen LogP contribution is 2.43. The molecule has 0 N–H and O–H groups in total. The Morgan fingerprint density at radius 3 is 2.39 bits per heavy atom. The molecular formula is C27H27N3O. The SMILES string of the molecule is Cc1cc(C)cc(N(C=O)C2(C#N)CCN(C3Cc4cccc5cccc3c45)CC2)c1. The van der Waals surface area contributed by atoms with Gasteiger partial charge in [-0.15, -0.1) is 0 Å². The van der Waals surface area contributed by atoms with Gasteiger partial charge >= 0.3 is 0 Å². The van der Waals surface area contributed by atoms with Gasteiger partial charge in [-0.3, -0.25) is 14.6 Å². The van der Waals surface area contributed by atoms with Crippen molar-refractivity contribution in [3.63, 3.8) is 0 Å².